The first kappa shape index (κ1) is 18.9. The molecule has 0 spiro atoms. The lowest BCUT2D eigenvalue weighted by molar-refractivity contribution is -0.113. The van der Waals surface area contributed by atoms with Crippen LogP contribution in [0.2, 0.25) is 0 Å². The Balaban J connectivity index is 1.51. The lowest BCUT2D eigenvalue weighted by atomic mass is 10.2. The van der Waals surface area contributed by atoms with Crippen molar-refractivity contribution in [2.75, 3.05) is 11.1 Å². The summed E-state index contributed by atoms with van der Waals surface area (Å²) in [6, 6.07) is 8.42. The van der Waals surface area contributed by atoms with E-state index >= 15 is 0 Å². The Morgan fingerprint density at radius 1 is 1.19 bits per heavy atom. The first-order valence-electron chi connectivity index (χ1n) is 7.94. The van der Waals surface area contributed by atoms with Crippen LogP contribution in [0.15, 0.2) is 39.7 Å². The molecule has 1 amide bonds. The fourth-order valence-electron chi connectivity index (χ4n) is 2.08. The molecule has 0 bridgehead atoms. The fourth-order valence-corrected chi connectivity index (χ4v) is 4.39. The lowest BCUT2D eigenvalue weighted by Gasteiger charge is -2.04. The molecule has 0 aliphatic heterocycles. The molecule has 0 saturated carbocycles. The number of rotatable bonds is 7. The zero-order valence-electron chi connectivity index (χ0n) is 14.7. The maximum Gasteiger partial charge on any atom is 0.236 e. The van der Waals surface area contributed by atoms with Gasteiger partial charge in [0.25, 0.3) is 0 Å². The first-order chi connectivity index (χ1) is 12.5. The van der Waals surface area contributed by atoms with Crippen molar-refractivity contribution < 1.29 is 4.79 Å². The normalized spacial score (nSPS) is 10.9. The van der Waals surface area contributed by atoms with Crippen LogP contribution in [0.4, 0.5) is 5.13 Å². The number of hydrogen-bond acceptors (Lipinski definition) is 7. The van der Waals surface area contributed by atoms with Crippen LogP contribution in [0.25, 0.3) is 0 Å². The molecule has 0 radical (unpaired) electrons. The van der Waals surface area contributed by atoms with Gasteiger partial charge in [-0.3, -0.25) is 4.79 Å². The van der Waals surface area contributed by atoms with Crippen LogP contribution in [0.1, 0.15) is 17.1 Å². The van der Waals surface area contributed by atoms with E-state index in [1.165, 1.54) is 33.6 Å². The van der Waals surface area contributed by atoms with Crippen LogP contribution in [0.3, 0.4) is 0 Å². The van der Waals surface area contributed by atoms with E-state index in [1.807, 2.05) is 23.9 Å². The predicted molar refractivity (Wildman–Crippen MR) is 108 cm³/mol. The third kappa shape index (κ3) is 5.09. The Labute approximate surface area is 164 Å². The Morgan fingerprint density at radius 3 is 2.65 bits per heavy atom. The molecule has 2 heterocycles. The first-order valence-corrected chi connectivity index (χ1v) is 10.8. The van der Waals surface area contributed by atoms with Crippen LogP contribution < -0.4 is 5.32 Å². The minimum absolute atomic E-state index is 0.0945. The number of carbonyl (C=O) groups is 1. The molecule has 0 fully saturated rings. The molecular formula is C17H19N5OS3. The highest BCUT2D eigenvalue weighted by atomic mass is 32.2. The van der Waals surface area contributed by atoms with Gasteiger partial charge < -0.3 is 9.88 Å². The van der Waals surface area contributed by atoms with Gasteiger partial charge in [-0.05, 0) is 26.0 Å². The van der Waals surface area contributed by atoms with E-state index in [0.29, 0.717) is 5.13 Å². The number of benzene rings is 1. The van der Waals surface area contributed by atoms with Crippen molar-refractivity contribution in [2.24, 2.45) is 7.05 Å². The van der Waals surface area contributed by atoms with E-state index in [1.54, 1.807) is 11.8 Å². The highest BCUT2D eigenvalue weighted by molar-refractivity contribution is 7.99. The second-order valence-corrected chi connectivity index (χ2v) is 8.54. The monoisotopic (exact) mass is 405 g/mol. The summed E-state index contributed by atoms with van der Waals surface area (Å²) < 4.78 is 1.94. The zero-order valence-corrected chi connectivity index (χ0v) is 17.2. The van der Waals surface area contributed by atoms with Crippen molar-refractivity contribution >= 4 is 45.9 Å². The summed E-state index contributed by atoms with van der Waals surface area (Å²) in [7, 11) is 1.93. The van der Waals surface area contributed by atoms with E-state index in [2.05, 4.69) is 51.7 Å². The number of anilines is 1. The Kier molecular flexibility index (Phi) is 6.33. The van der Waals surface area contributed by atoms with E-state index in [-0.39, 0.29) is 11.7 Å². The number of thiazole rings is 1. The molecule has 3 aromatic rings. The number of hydrogen-bond donors (Lipinski definition) is 1. The standard InChI is InChI=1S/C17H19N5OS3/c1-11-4-6-13(7-5-11)24-9-14-20-21-17(22(14)3)26-10-15(23)19-16-18-12(2)8-25-16/h4-8H,9-10H2,1-3H3,(H,18,19,23). The van der Waals surface area contributed by atoms with Crippen molar-refractivity contribution in [3.05, 3.63) is 46.7 Å². The molecule has 0 unspecified atom stereocenters. The van der Waals surface area contributed by atoms with E-state index in [9.17, 15) is 4.79 Å². The summed E-state index contributed by atoms with van der Waals surface area (Å²) >= 11 is 4.51. The van der Waals surface area contributed by atoms with Gasteiger partial charge in [0, 0.05) is 17.3 Å². The molecule has 6 nitrogen and oxygen atoms in total. The quantitative estimate of drug-likeness (QED) is 0.601. The van der Waals surface area contributed by atoms with Crippen molar-refractivity contribution in [3.63, 3.8) is 0 Å². The number of aryl methyl sites for hydroxylation is 2. The van der Waals surface area contributed by atoms with Crippen molar-refractivity contribution in [1.82, 2.24) is 19.7 Å². The van der Waals surface area contributed by atoms with Gasteiger partial charge in [0.2, 0.25) is 5.91 Å². The minimum Gasteiger partial charge on any atom is -0.308 e. The average molecular weight is 406 g/mol. The number of nitrogens with zero attached hydrogens (tertiary/aromatic N) is 4. The van der Waals surface area contributed by atoms with Crippen molar-refractivity contribution in [2.45, 2.75) is 29.7 Å². The summed E-state index contributed by atoms with van der Waals surface area (Å²) in [6.45, 7) is 3.98. The summed E-state index contributed by atoms with van der Waals surface area (Å²) in [5.74, 6) is 1.80. The van der Waals surface area contributed by atoms with Gasteiger partial charge in [0.1, 0.15) is 5.82 Å². The number of carbonyl (C=O) groups excluding carboxylic acids is 1. The molecule has 9 heteroatoms. The molecule has 0 aliphatic rings. The summed E-state index contributed by atoms with van der Waals surface area (Å²) in [6.07, 6.45) is 0. The smallest absolute Gasteiger partial charge is 0.236 e. The molecule has 2 aromatic heterocycles. The number of thioether (sulfide) groups is 2. The van der Waals surface area contributed by atoms with Gasteiger partial charge in [0.05, 0.1) is 17.2 Å². The van der Waals surface area contributed by atoms with E-state index < -0.39 is 0 Å². The van der Waals surface area contributed by atoms with Crippen molar-refractivity contribution in [1.29, 1.82) is 0 Å². The molecule has 0 aliphatic carbocycles. The van der Waals surface area contributed by atoms with Crippen LogP contribution in [0.5, 0.6) is 0 Å². The minimum atomic E-state index is -0.0945. The highest BCUT2D eigenvalue weighted by Crippen LogP contribution is 2.24. The molecule has 0 saturated heterocycles. The number of aromatic nitrogens is 4. The summed E-state index contributed by atoms with van der Waals surface area (Å²) in [5.41, 5.74) is 2.15. The summed E-state index contributed by atoms with van der Waals surface area (Å²) in [4.78, 5) is 17.5. The van der Waals surface area contributed by atoms with Crippen LogP contribution in [0, 0.1) is 13.8 Å². The maximum absolute atomic E-state index is 12.0. The SMILES string of the molecule is Cc1ccc(SCc2nnc(SCC(=O)Nc3nc(C)cs3)n2C)cc1. The predicted octanol–water partition coefficient (Wildman–Crippen LogP) is 3.91. The van der Waals surface area contributed by atoms with Gasteiger partial charge in [-0.25, -0.2) is 4.98 Å². The maximum atomic E-state index is 12.0. The van der Waals surface area contributed by atoms with Crippen molar-refractivity contribution in [3.8, 4) is 0 Å². The van der Waals surface area contributed by atoms with Gasteiger partial charge in [0.15, 0.2) is 10.3 Å². The second kappa shape index (κ2) is 8.70. The molecule has 3 rings (SSSR count). The third-order valence-electron chi connectivity index (χ3n) is 3.51. The fraction of sp³-hybridized carbons (Fsp3) is 0.294. The van der Waals surface area contributed by atoms with Gasteiger partial charge in [-0.2, -0.15) is 0 Å². The lowest BCUT2D eigenvalue weighted by Crippen LogP contribution is -2.14. The van der Waals surface area contributed by atoms with Gasteiger partial charge in [-0.1, -0.05) is 29.5 Å². The van der Waals surface area contributed by atoms with Crippen LogP contribution in [-0.2, 0) is 17.6 Å². The molecule has 1 aromatic carbocycles. The molecule has 136 valence electrons. The molecular weight excluding hydrogens is 386 g/mol. The van der Waals surface area contributed by atoms with E-state index in [0.717, 1.165) is 22.4 Å². The molecule has 26 heavy (non-hydrogen) atoms. The van der Waals surface area contributed by atoms with E-state index in [4.69, 9.17) is 0 Å². The largest absolute Gasteiger partial charge is 0.308 e. The number of nitrogens with one attached hydrogen (secondary N) is 1. The molecule has 0 atom stereocenters. The summed E-state index contributed by atoms with van der Waals surface area (Å²) in [5, 5.41) is 14.5. The Morgan fingerprint density at radius 2 is 1.96 bits per heavy atom. The zero-order chi connectivity index (χ0) is 18.5. The van der Waals surface area contributed by atoms with Gasteiger partial charge >= 0.3 is 0 Å². The third-order valence-corrected chi connectivity index (χ3v) is 6.42. The highest BCUT2D eigenvalue weighted by Gasteiger charge is 2.12. The Hall–Kier alpha value is -1.84. The van der Waals surface area contributed by atoms with Crippen LogP contribution >= 0.6 is 34.9 Å². The molecule has 1 N–H and O–H groups in total. The average Bonchev–Trinajstić information content (AvgIpc) is 3.18. The van der Waals surface area contributed by atoms with Gasteiger partial charge in [-0.15, -0.1) is 33.3 Å². The van der Waals surface area contributed by atoms with Crippen LogP contribution in [-0.4, -0.2) is 31.4 Å². The Bertz CT molecular complexity index is 888. The second-order valence-electron chi connectivity index (χ2n) is 5.69. The topological polar surface area (TPSA) is 72.7 Å². The number of amides is 1.